The van der Waals surface area contributed by atoms with Gasteiger partial charge in [0.25, 0.3) is 5.92 Å². The first-order valence-corrected chi connectivity index (χ1v) is 10.9. The van der Waals surface area contributed by atoms with Crippen molar-refractivity contribution in [2.45, 2.75) is 38.2 Å². The van der Waals surface area contributed by atoms with Gasteiger partial charge in [-0.15, -0.1) is 0 Å². The van der Waals surface area contributed by atoms with E-state index in [1.54, 1.807) is 36.0 Å². The van der Waals surface area contributed by atoms with Crippen molar-refractivity contribution in [1.82, 2.24) is 14.9 Å². The predicted octanol–water partition coefficient (Wildman–Crippen LogP) is 3.98. The second kappa shape index (κ2) is 8.60. The molecule has 0 N–H and O–H groups in total. The fraction of sp³-hybridized carbons (Fsp3) is 0.522. The van der Waals surface area contributed by atoms with Crippen LogP contribution < -0.4 is 9.80 Å². The predicted molar refractivity (Wildman–Crippen MR) is 116 cm³/mol. The van der Waals surface area contributed by atoms with Crippen LogP contribution in [0.15, 0.2) is 30.6 Å². The van der Waals surface area contributed by atoms with Gasteiger partial charge in [-0.25, -0.2) is 18.7 Å². The fourth-order valence-electron chi connectivity index (χ4n) is 4.74. The van der Waals surface area contributed by atoms with Gasteiger partial charge in [-0.1, -0.05) is 24.3 Å². The Hall–Kier alpha value is -2.84. The number of likely N-dealkylation sites (tertiary alicyclic amines) is 1. The molecule has 0 saturated carbocycles. The molecule has 0 radical (unpaired) electrons. The van der Waals surface area contributed by atoms with E-state index in [1.165, 1.54) is 18.5 Å². The molecule has 2 aliphatic rings. The van der Waals surface area contributed by atoms with Crippen LogP contribution in [0.1, 0.15) is 43.4 Å². The number of rotatable bonds is 6. The van der Waals surface area contributed by atoms with Crippen molar-refractivity contribution in [3.05, 3.63) is 47.5 Å². The van der Waals surface area contributed by atoms with Crippen LogP contribution in [0.25, 0.3) is 0 Å². The monoisotopic (exact) mass is 447 g/mol. The number of aromatic nitrogens is 2. The molecule has 1 aromatic heterocycles. The maximum absolute atomic E-state index is 15.5. The van der Waals surface area contributed by atoms with Gasteiger partial charge in [-0.2, -0.15) is 4.39 Å². The molecule has 1 amide bonds. The van der Waals surface area contributed by atoms with Gasteiger partial charge in [0.05, 0.1) is 6.04 Å². The standard InChI is InChI=1S/C23H28F3N5O/c1-23(25,26)17-8-6-16(7-9-17)18-5-4-10-31(18)22-20(24)21(27-14-28-22)30(3)13-15-11-19(32)29(2)12-15/h6-9,14-15,18H,4-5,10-13H2,1-3H3. The highest BCUT2D eigenvalue weighted by Crippen LogP contribution is 2.38. The molecule has 2 aliphatic heterocycles. The molecule has 3 heterocycles. The summed E-state index contributed by atoms with van der Waals surface area (Å²) in [7, 11) is 3.54. The maximum Gasteiger partial charge on any atom is 0.270 e. The number of carbonyl (C=O) groups is 1. The van der Waals surface area contributed by atoms with Crippen molar-refractivity contribution >= 4 is 17.5 Å². The van der Waals surface area contributed by atoms with Crippen LogP contribution in [-0.2, 0) is 10.7 Å². The van der Waals surface area contributed by atoms with E-state index >= 15 is 4.39 Å². The van der Waals surface area contributed by atoms with E-state index in [0.717, 1.165) is 25.3 Å². The lowest BCUT2D eigenvalue weighted by Crippen LogP contribution is -2.30. The molecule has 2 aromatic rings. The van der Waals surface area contributed by atoms with Gasteiger partial charge in [0, 0.05) is 58.6 Å². The van der Waals surface area contributed by atoms with Crippen molar-refractivity contribution in [3.8, 4) is 0 Å². The zero-order valence-corrected chi connectivity index (χ0v) is 18.6. The van der Waals surface area contributed by atoms with Gasteiger partial charge in [0.15, 0.2) is 11.6 Å². The fourth-order valence-corrected chi connectivity index (χ4v) is 4.74. The molecule has 0 spiro atoms. The maximum atomic E-state index is 15.5. The Morgan fingerprint density at radius 3 is 2.56 bits per heavy atom. The smallest absolute Gasteiger partial charge is 0.270 e. The quantitative estimate of drug-likeness (QED) is 0.671. The highest BCUT2D eigenvalue weighted by Gasteiger charge is 2.33. The molecule has 4 rings (SSSR count). The Morgan fingerprint density at radius 1 is 1.22 bits per heavy atom. The van der Waals surface area contributed by atoms with E-state index < -0.39 is 11.7 Å². The second-order valence-corrected chi connectivity index (χ2v) is 8.92. The Labute approximate surface area is 186 Å². The Kier molecular flexibility index (Phi) is 6.01. The molecule has 32 heavy (non-hydrogen) atoms. The van der Waals surface area contributed by atoms with E-state index in [1.807, 2.05) is 4.90 Å². The lowest BCUT2D eigenvalue weighted by molar-refractivity contribution is -0.126. The topological polar surface area (TPSA) is 52.6 Å². The highest BCUT2D eigenvalue weighted by atomic mass is 19.3. The Balaban J connectivity index is 1.55. The van der Waals surface area contributed by atoms with Crippen LogP contribution in [-0.4, -0.2) is 54.5 Å². The van der Waals surface area contributed by atoms with E-state index in [-0.39, 0.29) is 35.1 Å². The number of halogens is 3. The summed E-state index contributed by atoms with van der Waals surface area (Å²) >= 11 is 0. The largest absolute Gasteiger partial charge is 0.357 e. The van der Waals surface area contributed by atoms with Gasteiger partial charge in [0.1, 0.15) is 6.33 Å². The number of hydrogen-bond donors (Lipinski definition) is 0. The Bertz CT molecular complexity index is 979. The molecular formula is C23H28F3N5O. The molecule has 9 heteroatoms. The molecule has 172 valence electrons. The van der Waals surface area contributed by atoms with Crippen molar-refractivity contribution in [3.63, 3.8) is 0 Å². The number of benzene rings is 1. The van der Waals surface area contributed by atoms with Crippen LogP contribution in [0.4, 0.5) is 24.8 Å². The third-order valence-corrected chi connectivity index (χ3v) is 6.39. The van der Waals surface area contributed by atoms with E-state index in [2.05, 4.69) is 9.97 Å². The number of amides is 1. The van der Waals surface area contributed by atoms with Crippen LogP contribution in [0, 0.1) is 11.7 Å². The van der Waals surface area contributed by atoms with E-state index in [0.29, 0.717) is 26.1 Å². The molecule has 0 aliphatic carbocycles. The SMILES string of the molecule is CN1CC(CN(C)c2ncnc(N3CCCC3c3ccc(C(C)(F)F)cc3)c2F)CC1=O. The van der Waals surface area contributed by atoms with Crippen LogP contribution in [0.2, 0.25) is 0 Å². The third-order valence-electron chi connectivity index (χ3n) is 6.39. The zero-order valence-electron chi connectivity index (χ0n) is 18.6. The van der Waals surface area contributed by atoms with Gasteiger partial charge in [-0.3, -0.25) is 4.79 Å². The highest BCUT2D eigenvalue weighted by molar-refractivity contribution is 5.78. The number of carbonyl (C=O) groups excluding carboxylic acids is 1. The summed E-state index contributed by atoms with van der Waals surface area (Å²) in [6.45, 7) is 2.65. The van der Waals surface area contributed by atoms with Crippen molar-refractivity contribution < 1.29 is 18.0 Å². The summed E-state index contributed by atoms with van der Waals surface area (Å²) in [5, 5.41) is 0. The van der Waals surface area contributed by atoms with Crippen molar-refractivity contribution in [1.29, 1.82) is 0 Å². The second-order valence-electron chi connectivity index (χ2n) is 8.92. The van der Waals surface area contributed by atoms with Gasteiger partial charge >= 0.3 is 0 Å². The number of alkyl halides is 2. The van der Waals surface area contributed by atoms with E-state index in [4.69, 9.17) is 0 Å². The lowest BCUT2D eigenvalue weighted by Gasteiger charge is -2.28. The summed E-state index contributed by atoms with van der Waals surface area (Å²) in [5.41, 5.74) is 0.815. The molecule has 2 fully saturated rings. The molecule has 1 aromatic carbocycles. The van der Waals surface area contributed by atoms with Crippen molar-refractivity contribution in [2.24, 2.45) is 5.92 Å². The molecular weight excluding hydrogens is 419 g/mol. The minimum atomic E-state index is -2.90. The summed E-state index contributed by atoms with van der Waals surface area (Å²) < 4.78 is 42.7. The minimum absolute atomic E-state index is 0.0426. The average molecular weight is 448 g/mol. The van der Waals surface area contributed by atoms with Crippen molar-refractivity contribution in [2.75, 3.05) is 43.5 Å². The lowest BCUT2D eigenvalue weighted by atomic mass is 10.0. The molecule has 2 atom stereocenters. The summed E-state index contributed by atoms with van der Waals surface area (Å²) in [6, 6.07) is 6.10. The van der Waals surface area contributed by atoms with Crippen LogP contribution in [0.5, 0.6) is 0 Å². The summed E-state index contributed by atoms with van der Waals surface area (Å²) in [5.74, 6) is -2.77. The van der Waals surface area contributed by atoms with Crippen LogP contribution >= 0.6 is 0 Å². The molecule has 2 saturated heterocycles. The summed E-state index contributed by atoms with van der Waals surface area (Å²) in [4.78, 5) is 25.5. The average Bonchev–Trinajstić information content (AvgIpc) is 3.34. The zero-order chi connectivity index (χ0) is 23.0. The first-order chi connectivity index (χ1) is 15.1. The third kappa shape index (κ3) is 4.38. The van der Waals surface area contributed by atoms with Gasteiger partial charge in [0.2, 0.25) is 11.7 Å². The normalized spacial score (nSPS) is 21.5. The molecule has 2 unspecified atom stereocenters. The Morgan fingerprint density at radius 2 is 1.94 bits per heavy atom. The first kappa shape index (κ1) is 22.4. The summed E-state index contributed by atoms with van der Waals surface area (Å²) in [6.07, 6.45) is 3.43. The molecule has 0 bridgehead atoms. The van der Waals surface area contributed by atoms with Gasteiger partial charge in [-0.05, 0) is 18.4 Å². The van der Waals surface area contributed by atoms with Gasteiger partial charge < -0.3 is 14.7 Å². The molecule has 6 nitrogen and oxygen atoms in total. The number of anilines is 2. The number of hydrogen-bond acceptors (Lipinski definition) is 5. The van der Waals surface area contributed by atoms with E-state index in [9.17, 15) is 13.6 Å². The minimum Gasteiger partial charge on any atom is -0.357 e. The number of nitrogens with zero attached hydrogens (tertiary/aromatic N) is 5. The van der Waals surface area contributed by atoms with Crippen LogP contribution in [0.3, 0.4) is 0 Å². The first-order valence-electron chi connectivity index (χ1n) is 10.9.